The maximum atomic E-state index is 12.6. The second-order valence-electron chi connectivity index (χ2n) is 4.80. The third kappa shape index (κ3) is 4.29. The Morgan fingerprint density at radius 3 is 2.57 bits per heavy atom. The zero-order valence-electron chi connectivity index (χ0n) is 12.9. The average Bonchev–Trinajstić information content (AvgIpc) is 2.57. The molecule has 1 unspecified atom stereocenters. The van der Waals surface area contributed by atoms with Gasteiger partial charge in [-0.3, -0.25) is 19.9 Å². The first-order valence-electron chi connectivity index (χ1n) is 7.15. The highest BCUT2D eigenvalue weighted by Gasteiger charge is 2.22. The molecule has 0 radical (unpaired) electrons. The van der Waals surface area contributed by atoms with Crippen LogP contribution in [0.25, 0.3) is 0 Å². The van der Waals surface area contributed by atoms with Gasteiger partial charge in [-0.05, 0) is 38.1 Å². The number of nitro benzene ring substituents is 1. The van der Waals surface area contributed by atoms with Gasteiger partial charge in [-0.2, -0.15) is 0 Å². The summed E-state index contributed by atoms with van der Waals surface area (Å²) < 4.78 is 0. The standard InChI is InChI=1S/C16H17N3O3S/c1-3-18(14-5-4-10-17-11-14)16(20)12(2)23-15-8-6-13(7-9-15)19(21)22/h4-12H,3H2,1-2H3. The summed E-state index contributed by atoms with van der Waals surface area (Å²) in [7, 11) is 0. The SMILES string of the molecule is CCN(C(=O)C(C)Sc1ccc([N+](=O)[O-])cc1)c1cccnc1. The van der Waals surface area contributed by atoms with Gasteiger partial charge in [0.15, 0.2) is 0 Å². The first kappa shape index (κ1) is 17.0. The van der Waals surface area contributed by atoms with Gasteiger partial charge in [0.25, 0.3) is 5.69 Å². The summed E-state index contributed by atoms with van der Waals surface area (Å²) in [6.07, 6.45) is 3.32. The predicted octanol–water partition coefficient (Wildman–Crippen LogP) is 3.52. The number of amides is 1. The van der Waals surface area contributed by atoms with Gasteiger partial charge in [0, 0.05) is 29.8 Å². The maximum absolute atomic E-state index is 12.6. The van der Waals surface area contributed by atoms with Gasteiger partial charge in [0.1, 0.15) is 0 Å². The lowest BCUT2D eigenvalue weighted by Gasteiger charge is -2.24. The van der Waals surface area contributed by atoms with Crippen molar-refractivity contribution in [2.24, 2.45) is 0 Å². The minimum absolute atomic E-state index is 0.0242. The molecule has 1 amide bonds. The summed E-state index contributed by atoms with van der Waals surface area (Å²) in [5, 5.41) is 10.4. The molecular formula is C16H17N3O3S. The van der Waals surface area contributed by atoms with Gasteiger partial charge in [0.2, 0.25) is 5.91 Å². The van der Waals surface area contributed by atoms with Gasteiger partial charge in [-0.25, -0.2) is 0 Å². The number of benzene rings is 1. The van der Waals surface area contributed by atoms with Crippen molar-refractivity contribution in [3.05, 3.63) is 58.9 Å². The van der Waals surface area contributed by atoms with Crippen LogP contribution in [0.4, 0.5) is 11.4 Å². The van der Waals surface area contributed by atoms with Crippen LogP contribution in [0.2, 0.25) is 0 Å². The van der Waals surface area contributed by atoms with Crippen molar-refractivity contribution in [2.45, 2.75) is 24.0 Å². The Kier molecular flexibility index (Phi) is 5.70. The molecule has 0 aliphatic heterocycles. The fourth-order valence-electron chi connectivity index (χ4n) is 2.10. The molecular weight excluding hydrogens is 314 g/mol. The smallest absolute Gasteiger partial charge is 0.269 e. The molecule has 0 saturated carbocycles. The number of anilines is 1. The molecule has 23 heavy (non-hydrogen) atoms. The molecule has 1 aromatic carbocycles. The molecule has 0 aliphatic rings. The number of hydrogen-bond acceptors (Lipinski definition) is 5. The molecule has 120 valence electrons. The Morgan fingerprint density at radius 2 is 2.04 bits per heavy atom. The van der Waals surface area contributed by atoms with E-state index in [0.717, 1.165) is 10.6 Å². The van der Waals surface area contributed by atoms with Crippen LogP contribution < -0.4 is 4.90 Å². The number of nitro groups is 1. The zero-order valence-corrected chi connectivity index (χ0v) is 13.7. The van der Waals surface area contributed by atoms with Crippen LogP contribution in [0.15, 0.2) is 53.7 Å². The average molecular weight is 331 g/mol. The molecule has 6 nitrogen and oxygen atoms in total. The summed E-state index contributed by atoms with van der Waals surface area (Å²) in [4.78, 5) is 29.4. The highest BCUT2D eigenvalue weighted by molar-refractivity contribution is 8.00. The van der Waals surface area contributed by atoms with Gasteiger partial charge < -0.3 is 4.90 Å². The fourth-order valence-corrected chi connectivity index (χ4v) is 3.03. The van der Waals surface area contributed by atoms with Crippen LogP contribution in [-0.4, -0.2) is 27.6 Å². The van der Waals surface area contributed by atoms with E-state index in [4.69, 9.17) is 0 Å². The molecule has 0 saturated heterocycles. The first-order valence-corrected chi connectivity index (χ1v) is 8.03. The zero-order chi connectivity index (χ0) is 16.8. The molecule has 0 aliphatic carbocycles. The third-order valence-corrected chi connectivity index (χ3v) is 4.35. The molecule has 1 aromatic heterocycles. The molecule has 0 N–H and O–H groups in total. The Hall–Kier alpha value is -2.41. The van der Waals surface area contributed by atoms with Crippen LogP contribution in [0.5, 0.6) is 0 Å². The van der Waals surface area contributed by atoms with E-state index in [1.165, 1.54) is 23.9 Å². The second-order valence-corrected chi connectivity index (χ2v) is 6.22. The molecule has 0 bridgehead atoms. The highest BCUT2D eigenvalue weighted by atomic mass is 32.2. The number of carbonyl (C=O) groups is 1. The minimum Gasteiger partial charge on any atom is -0.310 e. The quantitative estimate of drug-likeness (QED) is 0.460. The Morgan fingerprint density at radius 1 is 1.35 bits per heavy atom. The number of pyridine rings is 1. The summed E-state index contributed by atoms with van der Waals surface area (Å²) in [6, 6.07) is 9.84. The van der Waals surface area contributed by atoms with Crippen LogP contribution in [0.1, 0.15) is 13.8 Å². The minimum atomic E-state index is -0.440. The lowest BCUT2D eigenvalue weighted by atomic mass is 10.3. The van der Waals surface area contributed by atoms with Gasteiger partial charge in [-0.15, -0.1) is 11.8 Å². The number of non-ortho nitro benzene ring substituents is 1. The van der Waals surface area contributed by atoms with Crippen LogP contribution in [0.3, 0.4) is 0 Å². The summed E-state index contributed by atoms with van der Waals surface area (Å²) in [6.45, 7) is 4.29. The van der Waals surface area contributed by atoms with Gasteiger partial charge >= 0.3 is 0 Å². The van der Waals surface area contributed by atoms with E-state index in [9.17, 15) is 14.9 Å². The number of aromatic nitrogens is 1. The highest BCUT2D eigenvalue weighted by Crippen LogP contribution is 2.27. The molecule has 7 heteroatoms. The maximum Gasteiger partial charge on any atom is 0.269 e. The van der Waals surface area contributed by atoms with Crippen molar-refractivity contribution < 1.29 is 9.72 Å². The van der Waals surface area contributed by atoms with Crippen LogP contribution >= 0.6 is 11.8 Å². The van der Waals surface area contributed by atoms with Crippen molar-refractivity contribution in [3.8, 4) is 0 Å². The molecule has 1 atom stereocenters. The molecule has 1 heterocycles. The molecule has 2 rings (SSSR count). The molecule has 0 spiro atoms. The van der Waals surface area contributed by atoms with E-state index >= 15 is 0 Å². The van der Waals surface area contributed by atoms with Crippen LogP contribution in [-0.2, 0) is 4.79 Å². The number of hydrogen-bond donors (Lipinski definition) is 0. The monoisotopic (exact) mass is 331 g/mol. The van der Waals surface area contributed by atoms with E-state index in [1.807, 2.05) is 19.9 Å². The normalized spacial score (nSPS) is 11.7. The van der Waals surface area contributed by atoms with Gasteiger partial charge in [-0.1, -0.05) is 0 Å². The number of carbonyl (C=O) groups excluding carboxylic acids is 1. The number of rotatable bonds is 6. The predicted molar refractivity (Wildman–Crippen MR) is 90.7 cm³/mol. The van der Waals surface area contributed by atoms with Gasteiger partial charge in [0.05, 0.1) is 22.1 Å². The molecule has 2 aromatic rings. The van der Waals surface area contributed by atoms with Crippen molar-refractivity contribution in [1.82, 2.24) is 4.98 Å². The molecule has 0 fully saturated rings. The summed E-state index contributed by atoms with van der Waals surface area (Å²) in [5.74, 6) is -0.0242. The lowest BCUT2D eigenvalue weighted by Crippen LogP contribution is -2.36. The number of nitrogens with zero attached hydrogens (tertiary/aromatic N) is 3. The summed E-state index contributed by atoms with van der Waals surface area (Å²) in [5.41, 5.74) is 0.801. The fraction of sp³-hybridized carbons (Fsp3) is 0.250. The van der Waals surface area contributed by atoms with Crippen LogP contribution in [0, 0.1) is 10.1 Å². The number of thioether (sulfide) groups is 1. The topological polar surface area (TPSA) is 76.3 Å². The van der Waals surface area contributed by atoms with E-state index in [1.54, 1.807) is 35.5 Å². The van der Waals surface area contributed by atoms with E-state index in [-0.39, 0.29) is 16.8 Å². The second kappa shape index (κ2) is 7.73. The van der Waals surface area contributed by atoms with E-state index < -0.39 is 4.92 Å². The Balaban J connectivity index is 2.08. The van der Waals surface area contributed by atoms with Crippen molar-refractivity contribution >= 4 is 29.0 Å². The Bertz CT molecular complexity index is 677. The Labute approximate surface area is 138 Å². The largest absolute Gasteiger partial charge is 0.310 e. The van der Waals surface area contributed by atoms with Crippen molar-refractivity contribution in [2.75, 3.05) is 11.4 Å². The summed E-state index contributed by atoms with van der Waals surface area (Å²) >= 11 is 1.38. The first-order chi connectivity index (χ1) is 11.0. The third-order valence-electron chi connectivity index (χ3n) is 3.25. The van der Waals surface area contributed by atoms with Crippen molar-refractivity contribution in [3.63, 3.8) is 0 Å². The van der Waals surface area contributed by atoms with E-state index in [2.05, 4.69) is 4.98 Å². The lowest BCUT2D eigenvalue weighted by molar-refractivity contribution is -0.384. The van der Waals surface area contributed by atoms with E-state index in [0.29, 0.717) is 6.54 Å². The van der Waals surface area contributed by atoms with Crippen molar-refractivity contribution in [1.29, 1.82) is 0 Å².